The minimum absolute atomic E-state index is 0.00942. The van der Waals surface area contributed by atoms with E-state index in [0.717, 1.165) is 0 Å². The molecule has 0 N–H and O–H groups in total. The second-order valence-electron chi connectivity index (χ2n) is 6.56. The molecule has 3 aromatic rings. The number of aryl methyl sites for hydroxylation is 1. The number of aromatic nitrogens is 4. The summed E-state index contributed by atoms with van der Waals surface area (Å²) in [7, 11) is 0. The van der Waals surface area contributed by atoms with Crippen molar-refractivity contribution in [1.82, 2.24) is 25.4 Å². The third-order valence-electron chi connectivity index (χ3n) is 4.82. The summed E-state index contributed by atoms with van der Waals surface area (Å²) in [4.78, 5) is 18.6. The van der Waals surface area contributed by atoms with Gasteiger partial charge in [-0.2, -0.15) is 4.98 Å². The molecule has 0 saturated carbocycles. The van der Waals surface area contributed by atoms with Gasteiger partial charge in [0.05, 0.1) is 12.0 Å². The van der Waals surface area contributed by atoms with Gasteiger partial charge in [-0.15, -0.1) is 0 Å². The van der Waals surface area contributed by atoms with E-state index in [0.29, 0.717) is 48.8 Å². The first-order chi connectivity index (χ1) is 13.1. The van der Waals surface area contributed by atoms with Crippen LogP contribution >= 0.6 is 0 Å². The fraction of sp³-hybridized carbons (Fsp3) is 0.389. The van der Waals surface area contributed by atoms with Gasteiger partial charge in [0.2, 0.25) is 17.6 Å². The van der Waals surface area contributed by atoms with E-state index in [1.54, 1.807) is 30.0 Å². The van der Waals surface area contributed by atoms with Crippen LogP contribution in [0.5, 0.6) is 0 Å². The van der Waals surface area contributed by atoms with Crippen LogP contribution in [0.15, 0.2) is 33.4 Å². The van der Waals surface area contributed by atoms with Gasteiger partial charge in [0.1, 0.15) is 17.2 Å². The monoisotopic (exact) mass is 371 g/mol. The van der Waals surface area contributed by atoms with Crippen molar-refractivity contribution in [3.8, 4) is 11.4 Å². The van der Waals surface area contributed by atoms with Crippen molar-refractivity contribution in [1.29, 1.82) is 0 Å². The second-order valence-corrected chi connectivity index (χ2v) is 6.56. The van der Waals surface area contributed by atoms with Crippen LogP contribution in [0.2, 0.25) is 0 Å². The third-order valence-corrected chi connectivity index (χ3v) is 4.82. The van der Waals surface area contributed by atoms with Gasteiger partial charge in [-0.3, -0.25) is 4.79 Å². The van der Waals surface area contributed by atoms with Crippen molar-refractivity contribution in [2.45, 2.75) is 32.1 Å². The lowest BCUT2D eigenvalue weighted by atomic mass is 9.96. The molecule has 1 aliphatic heterocycles. The SMILES string of the molecule is Cc1nonc1CC(=O)N1CCC(c2nc(-c3ccccc3F)no2)CC1. The van der Waals surface area contributed by atoms with Gasteiger partial charge in [-0.25, -0.2) is 9.02 Å². The molecule has 9 heteroatoms. The summed E-state index contributed by atoms with van der Waals surface area (Å²) in [5, 5.41) is 11.3. The first-order valence-corrected chi connectivity index (χ1v) is 8.76. The van der Waals surface area contributed by atoms with Gasteiger partial charge >= 0.3 is 0 Å². The predicted molar refractivity (Wildman–Crippen MR) is 91.0 cm³/mol. The normalized spacial score (nSPS) is 15.3. The van der Waals surface area contributed by atoms with Crippen LogP contribution in [0.25, 0.3) is 11.4 Å². The number of hydrogen-bond donors (Lipinski definition) is 0. The first kappa shape index (κ1) is 17.3. The molecule has 27 heavy (non-hydrogen) atoms. The Morgan fingerprint density at radius 2 is 2.00 bits per heavy atom. The molecular weight excluding hydrogens is 353 g/mol. The molecule has 0 bridgehead atoms. The molecule has 2 aromatic heterocycles. The zero-order chi connectivity index (χ0) is 18.8. The quantitative estimate of drug-likeness (QED) is 0.695. The lowest BCUT2D eigenvalue weighted by molar-refractivity contribution is -0.131. The van der Waals surface area contributed by atoms with Crippen molar-refractivity contribution < 1.29 is 18.3 Å². The Morgan fingerprint density at radius 1 is 1.22 bits per heavy atom. The average Bonchev–Trinajstić information content (AvgIpc) is 3.32. The number of piperidine rings is 1. The van der Waals surface area contributed by atoms with Crippen molar-refractivity contribution in [3.05, 3.63) is 47.4 Å². The number of amides is 1. The topological polar surface area (TPSA) is 98.2 Å². The highest BCUT2D eigenvalue weighted by molar-refractivity contribution is 5.78. The van der Waals surface area contributed by atoms with Crippen LogP contribution in [-0.4, -0.2) is 44.4 Å². The number of rotatable bonds is 4. The van der Waals surface area contributed by atoms with Crippen molar-refractivity contribution in [3.63, 3.8) is 0 Å². The summed E-state index contributed by atoms with van der Waals surface area (Å²) < 4.78 is 23.8. The van der Waals surface area contributed by atoms with Crippen LogP contribution in [-0.2, 0) is 11.2 Å². The summed E-state index contributed by atoms with van der Waals surface area (Å²) >= 11 is 0. The largest absolute Gasteiger partial charge is 0.342 e. The summed E-state index contributed by atoms with van der Waals surface area (Å²) in [5.41, 5.74) is 1.51. The van der Waals surface area contributed by atoms with Gasteiger partial charge in [-0.05, 0) is 31.9 Å². The van der Waals surface area contributed by atoms with E-state index in [1.165, 1.54) is 6.07 Å². The van der Waals surface area contributed by atoms with E-state index in [1.807, 2.05) is 0 Å². The predicted octanol–water partition coefficient (Wildman–Crippen LogP) is 2.52. The highest BCUT2D eigenvalue weighted by Crippen LogP contribution is 2.29. The number of benzene rings is 1. The molecule has 8 nitrogen and oxygen atoms in total. The van der Waals surface area contributed by atoms with E-state index in [9.17, 15) is 9.18 Å². The Hall–Kier alpha value is -3.10. The maximum atomic E-state index is 13.9. The second kappa shape index (κ2) is 7.26. The Bertz CT molecular complexity index is 946. The summed E-state index contributed by atoms with van der Waals surface area (Å²) in [6.07, 6.45) is 1.60. The van der Waals surface area contributed by atoms with E-state index < -0.39 is 0 Å². The van der Waals surface area contributed by atoms with Gasteiger partial charge in [0.15, 0.2) is 0 Å². The van der Waals surface area contributed by atoms with Crippen LogP contribution in [0, 0.1) is 12.7 Å². The average molecular weight is 371 g/mol. The van der Waals surface area contributed by atoms with Gasteiger partial charge < -0.3 is 9.42 Å². The van der Waals surface area contributed by atoms with Crippen molar-refractivity contribution in [2.75, 3.05) is 13.1 Å². The highest BCUT2D eigenvalue weighted by Gasteiger charge is 2.28. The van der Waals surface area contributed by atoms with Gasteiger partial charge in [0.25, 0.3) is 0 Å². The first-order valence-electron chi connectivity index (χ1n) is 8.76. The lowest BCUT2D eigenvalue weighted by Crippen LogP contribution is -2.39. The number of halogens is 1. The molecule has 1 aliphatic rings. The van der Waals surface area contributed by atoms with Crippen LogP contribution in [0.3, 0.4) is 0 Å². The molecule has 0 aliphatic carbocycles. The molecule has 0 unspecified atom stereocenters. The molecule has 1 saturated heterocycles. The molecule has 0 spiro atoms. The van der Waals surface area contributed by atoms with Crippen LogP contribution < -0.4 is 0 Å². The number of carbonyl (C=O) groups excluding carboxylic acids is 1. The molecule has 0 radical (unpaired) electrons. The minimum atomic E-state index is -0.386. The molecule has 1 fully saturated rings. The molecule has 140 valence electrons. The molecular formula is C18H18FN5O3. The zero-order valence-corrected chi connectivity index (χ0v) is 14.8. The maximum Gasteiger partial charge on any atom is 0.230 e. The lowest BCUT2D eigenvalue weighted by Gasteiger charge is -2.30. The van der Waals surface area contributed by atoms with E-state index >= 15 is 0 Å². The Labute approximate surface area is 154 Å². The van der Waals surface area contributed by atoms with Crippen molar-refractivity contribution >= 4 is 5.91 Å². The summed E-state index contributed by atoms with van der Waals surface area (Å²) in [6.45, 7) is 2.94. The Balaban J connectivity index is 1.38. The molecule has 0 atom stereocenters. The fourth-order valence-electron chi connectivity index (χ4n) is 3.19. The highest BCUT2D eigenvalue weighted by atomic mass is 19.1. The minimum Gasteiger partial charge on any atom is -0.342 e. The Kier molecular flexibility index (Phi) is 4.66. The standard InChI is InChI=1S/C18H18FN5O3/c1-11-15(22-27-21-11)10-16(25)24-8-6-12(7-9-24)18-20-17(23-26-18)13-4-2-3-5-14(13)19/h2-5,12H,6-10H2,1H3. The smallest absolute Gasteiger partial charge is 0.230 e. The van der Waals surface area contributed by atoms with E-state index in [4.69, 9.17) is 4.52 Å². The third kappa shape index (κ3) is 3.57. The molecule has 4 rings (SSSR count). The molecule has 1 aromatic carbocycles. The fourth-order valence-corrected chi connectivity index (χ4v) is 3.19. The van der Waals surface area contributed by atoms with Crippen LogP contribution in [0.4, 0.5) is 4.39 Å². The number of carbonyl (C=O) groups is 1. The molecule has 1 amide bonds. The van der Waals surface area contributed by atoms with Gasteiger partial charge in [-0.1, -0.05) is 27.6 Å². The zero-order valence-electron chi connectivity index (χ0n) is 14.8. The number of likely N-dealkylation sites (tertiary alicyclic amines) is 1. The van der Waals surface area contributed by atoms with Crippen molar-refractivity contribution in [2.24, 2.45) is 0 Å². The van der Waals surface area contributed by atoms with E-state index in [2.05, 4.69) is 25.1 Å². The van der Waals surface area contributed by atoms with E-state index in [-0.39, 0.29) is 29.9 Å². The molecule has 3 heterocycles. The summed E-state index contributed by atoms with van der Waals surface area (Å²) in [6, 6.07) is 6.32. The number of hydrogen-bond acceptors (Lipinski definition) is 7. The maximum absolute atomic E-state index is 13.9. The Morgan fingerprint density at radius 3 is 2.70 bits per heavy atom. The summed E-state index contributed by atoms with van der Waals surface area (Å²) in [5.74, 6) is 0.387. The number of nitrogens with zero attached hydrogens (tertiary/aromatic N) is 5. The van der Waals surface area contributed by atoms with Gasteiger partial charge in [0, 0.05) is 19.0 Å². The van der Waals surface area contributed by atoms with Crippen LogP contribution in [0.1, 0.15) is 36.0 Å².